The minimum Gasteiger partial charge on any atom is -0.352 e. The summed E-state index contributed by atoms with van der Waals surface area (Å²) < 4.78 is 0. The van der Waals surface area contributed by atoms with Crippen molar-refractivity contribution in [2.45, 2.75) is 77.0 Å². The minimum absolute atomic E-state index is 0. The molecule has 2 rings (SSSR count). The highest BCUT2D eigenvalue weighted by molar-refractivity contribution is 5.85. The van der Waals surface area contributed by atoms with Gasteiger partial charge in [0.05, 0.1) is 0 Å². The highest BCUT2D eigenvalue weighted by Gasteiger charge is 2.18. The Labute approximate surface area is 171 Å². The molecular weight excluding hydrogens is 369 g/mol. The number of carbonyl (C=O) groups excluding carboxylic acids is 1. The van der Waals surface area contributed by atoms with Crippen molar-refractivity contribution >= 4 is 30.7 Å². The fraction of sp³-hybridized carbons (Fsp3) is 0.650. The lowest BCUT2D eigenvalue weighted by Gasteiger charge is -2.31. The molecule has 1 fully saturated rings. The Morgan fingerprint density at radius 2 is 1.81 bits per heavy atom. The van der Waals surface area contributed by atoms with E-state index in [1.165, 1.54) is 43.2 Å². The second kappa shape index (κ2) is 13.4. The average molecular weight is 404 g/mol. The molecule has 0 spiro atoms. The van der Waals surface area contributed by atoms with Crippen molar-refractivity contribution in [2.75, 3.05) is 7.05 Å². The van der Waals surface area contributed by atoms with Crippen LogP contribution >= 0.6 is 24.8 Å². The Morgan fingerprint density at radius 1 is 1.19 bits per heavy atom. The summed E-state index contributed by atoms with van der Waals surface area (Å²) in [7, 11) is 2.23. The van der Waals surface area contributed by atoms with E-state index in [9.17, 15) is 4.79 Å². The Kier molecular flexibility index (Phi) is 13.0. The number of carbonyl (C=O) groups is 1. The summed E-state index contributed by atoms with van der Waals surface area (Å²) in [5, 5.41) is 3.03. The van der Waals surface area contributed by atoms with E-state index in [0.717, 1.165) is 13.0 Å². The third-order valence-corrected chi connectivity index (χ3v) is 5.04. The molecule has 0 aromatic heterocycles. The van der Waals surface area contributed by atoms with E-state index in [2.05, 4.69) is 35.5 Å². The highest BCUT2D eigenvalue weighted by Crippen LogP contribution is 2.23. The summed E-state index contributed by atoms with van der Waals surface area (Å²) >= 11 is 0. The molecular formula is C20H35Cl2N3O. The maximum Gasteiger partial charge on any atom is 0.220 e. The van der Waals surface area contributed by atoms with Gasteiger partial charge in [0.25, 0.3) is 0 Å². The first-order valence-corrected chi connectivity index (χ1v) is 9.35. The van der Waals surface area contributed by atoms with Gasteiger partial charge in [0.1, 0.15) is 0 Å². The molecule has 0 aliphatic heterocycles. The first-order valence-electron chi connectivity index (χ1n) is 9.35. The minimum atomic E-state index is 0. The van der Waals surface area contributed by atoms with Crippen molar-refractivity contribution in [3.05, 3.63) is 35.4 Å². The van der Waals surface area contributed by atoms with Crippen LogP contribution in [0.3, 0.4) is 0 Å². The van der Waals surface area contributed by atoms with Crippen LogP contribution in [0.5, 0.6) is 0 Å². The highest BCUT2D eigenvalue weighted by atomic mass is 35.5. The van der Waals surface area contributed by atoms with E-state index in [-0.39, 0.29) is 36.8 Å². The first kappa shape index (κ1) is 25.2. The molecule has 1 aromatic carbocycles. The molecule has 0 heterocycles. The fourth-order valence-electron chi connectivity index (χ4n) is 3.44. The maximum absolute atomic E-state index is 11.9. The van der Waals surface area contributed by atoms with Gasteiger partial charge < -0.3 is 11.1 Å². The SMILES string of the molecule is CC(N)CCC(=O)NCc1ccccc1CN(C)C1CCCCC1.Cl.Cl. The number of benzene rings is 1. The number of nitrogens with two attached hydrogens (primary N) is 1. The number of amides is 1. The first-order chi connectivity index (χ1) is 11.6. The summed E-state index contributed by atoms with van der Waals surface area (Å²) in [4.78, 5) is 14.4. The van der Waals surface area contributed by atoms with Crippen molar-refractivity contribution in [1.82, 2.24) is 10.2 Å². The second-order valence-electron chi connectivity index (χ2n) is 7.27. The smallest absolute Gasteiger partial charge is 0.220 e. The van der Waals surface area contributed by atoms with Crippen molar-refractivity contribution < 1.29 is 4.79 Å². The van der Waals surface area contributed by atoms with Crippen molar-refractivity contribution in [1.29, 1.82) is 0 Å². The van der Waals surface area contributed by atoms with Crippen molar-refractivity contribution in [2.24, 2.45) is 5.73 Å². The summed E-state index contributed by atoms with van der Waals surface area (Å²) in [6, 6.07) is 9.22. The molecule has 0 saturated heterocycles. The predicted octanol–water partition coefficient (Wildman–Crippen LogP) is 4.04. The summed E-state index contributed by atoms with van der Waals surface area (Å²) in [6.45, 7) is 3.49. The zero-order valence-electron chi connectivity index (χ0n) is 16.1. The molecule has 0 bridgehead atoms. The molecule has 0 radical (unpaired) electrons. The van der Waals surface area contributed by atoms with Gasteiger partial charge in [-0.05, 0) is 44.4 Å². The van der Waals surface area contributed by atoms with Crippen LogP contribution in [0.25, 0.3) is 0 Å². The van der Waals surface area contributed by atoms with E-state index in [1.54, 1.807) is 0 Å². The van der Waals surface area contributed by atoms with E-state index >= 15 is 0 Å². The molecule has 26 heavy (non-hydrogen) atoms. The zero-order chi connectivity index (χ0) is 17.4. The number of halogens is 2. The predicted molar refractivity (Wildman–Crippen MR) is 114 cm³/mol. The Balaban J connectivity index is 0.00000312. The maximum atomic E-state index is 11.9. The van der Waals surface area contributed by atoms with Crippen molar-refractivity contribution in [3.63, 3.8) is 0 Å². The third-order valence-electron chi connectivity index (χ3n) is 5.04. The zero-order valence-corrected chi connectivity index (χ0v) is 17.7. The number of nitrogens with one attached hydrogen (secondary N) is 1. The Morgan fingerprint density at radius 3 is 2.42 bits per heavy atom. The summed E-state index contributed by atoms with van der Waals surface area (Å²) in [5.41, 5.74) is 8.25. The monoisotopic (exact) mass is 403 g/mol. The van der Waals surface area contributed by atoms with Crippen LogP contribution < -0.4 is 11.1 Å². The van der Waals surface area contributed by atoms with Crippen LogP contribution in [0.4, 0.5) is 0 Å². The molecule has 1 amide bonds. The van der Waals surface area contributed by atoms with Gasteiger partial charge >= 0.3 is 0 Å². The van der Waals surface area contributed by atoms with E-state index in [0.29, 0.717) is 19.0 Å². The number of nitrogens with zero attached hydrogens (tertiary/aromatic N) is 1. The van der Waals surface area contributed by atoms with Gasteiger partial charge in [0, 0.05) is 31.6 Å². The van der Waals surface area contributed by atoms with E-state index < -0.39 is 0 Å². The van der Waals surface area contributed by atoms with Gasteiger partial charge in [-0.15, -0.1) is 24.8 Å². The number of rotatable bonds is 8. The lowest BCUT2D eigenvalue weighted by atomic mass is 9.94. The molecule has 150 valence electrons. The lowest BCUT2D eigenvalue weighted by Crippen LogP contribution is -2.33. The van der Waals surface area contributed by atoms with Crippen LogP contribution in [0, 0.1) is 0 Å². The van der Waals surface area contributed by atoms with E-state index in [4.69, 9.17) is 5.73 Å². The topological polar surface area (TPSA) is 58.4 Å². The van der Waals surface area contributed by atoms with Crippen LogP contribution in [-0.2, 0) is 17.9 Å². The van der Waals surface area contributed by atoms with Gasteiger partial charge in [0.15, 0.2) is 0 Å². The normalized spacial score (nSPS) is 15.7. The molecule has 6 heteroatoms. The quantitative estimate of drug-likeness (QED) is 0.688. The van der Waals surface area contributed by atoms with E-state index in [1.807, 2.05) is 13.0 Å². The van der Waals surface area contributed by atoms with Gasteiger partial charge in [-0.25, -0.2) is 0 Å². The number of hydrogen-bond acceptors (Lipinski definition) is 3. The summed E-state index contributed by atoms with van der Waals surface area (Å²) in [6.07, 6.45) is 7.95. The molecule has 1 unspecified atom stereocenters. The largest absolute Gasteiger partial charge is 0.352 e. The van der Waals surface area contributed by atoms with Gasteiger partial charge in [-0.1, -0.05) is 43.5 Å². The van der Waals surface area contributed by atoms with Crippen LogP contribution in [0.2, 0.25) is 0 Å². The Hall–Kier alpha value is -0.810. The van der Waals surface area contributed by atoms with Crippen molar-refractivity contribution in [3.8, 4) is 0 Å². The molecule has 3 N–H and O–H groups in total. The van der Waals surface area contributed by atoms with Crippen LogP contribution in [0.1, 0.15) is 63.0 Å². The molecule has 1 aliphatic rings. The van der Waals surface area contributed by atoms with Gasteiger partial charge in [0.2, 0.25) is 5.91 Å². The molecule has 1 saturated carbocycles. The standard InChI is InChI=1S/C20H33N3O.2ClH/c1-16(21)12-13-20(24)22-14-17-8-6-7-9-18(17)15-23(2)19-10-4-3-5-11-19;;/h6-9,16,19H,3-5,10-15,21H2,1-2H3,(H,22,24);2*1H. The Bertz CT molecular complexity index is 520. The number of hydrogen-bond donors (Lipinski definition) is 2. The third kappa shape index (κ3) is 8.72. The molecule has 1 aromatic rings. The van der Waals surface area contributed by atoms with Crippen LogP contribution in [-0.4, -0.2) is 29.9 Å². The summed E-state index contributed by atoms with van der Waals surface area (Å²) in [5.74, 6) is 0.0859. The second-order valence-corrected chi connectivity index (χ2v) is 7.27. The van der Waals surface area contributed by atoms with Gasteiger partial charge in [-0.3, -0.25) is 9.69 Å². The molecule has 1 atom stereocenters. The molecule has 4 nitrogen and oxygen atoms in total. The lowest BCUT2D eigenvalue weighted by molar-refractivity contribution is -0.121. The fourth-order valence-corrected chi connectivity index (χ4v) is 3.44. The van der Waals surface area contributed by atoms with Gasteiger partial charge in [-0.2, -0.15) is 0 Å². The van der Waals surface area contributed by atoms with Crippen LogP contribution in [0.15, 0.2) is 24.3 Å². The average Bonchev–Trinajstić information content (AvgIpc) is 2.60. The molecule has 1 aliphatic carbocycles.